The third-order valence-corrected chi connectivity index (χ3v) is 3.96. The number of nitrogens with one attached hydrogen (secondary N) is 1. The number of carbonyl (C=O) groups is 2. The van der Waals surface area contributed by atoms with E-state index in [1.54, 1.807) is 36.3 Å². The van der Waals surface area contributed by atoms with Gasteiger partial charge in [-0.2, -0.15) is 0 Å². The van der Waals surface area contributed by atoms with Crippen molar-refractivity contribution in [3.63, 3.8) is 0 Å². The Labute approximate surface area is 149 Å². The molecule has 0 fully saturated rings. The highest BCUT2D eigenvalue weighted by Crippen LogP contribution is 2.20. The normalized spacial score (nSPS) is 10.1. The highest BCUT2D eigenvalue weighted by atomic mass is 79.9. The van der Waals surface area contributed by atoms with Crippen molar-refractivity contribution in [2.75, 3.05) is 23.9 Å². The van der Waals surface area contributed by atoms with Crippen molar-refractivity contribution < 1.29 is 14.3 Å². The van der Waals surface area contributed by atoms with E-state index in [0.29, 0.717) is 18.0 Å². The van der Waals surface area contributed by atoms with Gasteiger partial charge in [-0.1, -0.05) is 22.0 Å². The smallest absolute Gasteiger partial charge is 0.226 e. The van der Waals surface area contributed by atoms with E-state index in [0.717, 1.165) is 10.2 Å². The van der Waals surface area contributed by atoms with Crippen molar-refractivity contribution in [2.45, 2.75) is 13.3 Å². The molecule has 2 rings (SSSR count). The van der Waals surface area contributed by atoms with Crippen LogP contribution in [0.1, 0.15) is 13.3 Å². The van der Waals surface area contributed by atoms with Crippen LogP contribution in [-0.2, 0) is 9.59 Å². The van der Waals surface area contributed by atoms with Gasteiger partial charge in [-0.25, -0.2) is 0 Å². The molecular weight excluding hydrogens is 372 g/mol. The Balaban J connectivity index is 1.97. The first-order valence-corrected chi connectivity index (χ1v) is 8.26. The van der Waals surface area contributed by atoms with Crippen molar-refractivity contribution in [2.24, 2.45) is 0 Å². The summed E-state index contributed by atoms with van der Waals surface area (Å²) in [7, 11) is 1.57. The van der Waals surface area contributed by atoms with E-state index in [1.807, 2.05) is 24.3 Å². The van der Waals surface area contributed by atoms with Crippen molar-refractivity contribution in [1.82, 2.24) is 0 Å². The summed E-state index contributed by atoms with van der Waals surface area (Å²) in [4.78, 5) is 25.6. The van der Waals surface area contributed by atoms with Crippen LogP contribution in [0.4, 0.5) is 11.4 Å². The number of rotatable bonds is 6. The van der Waals surface area contributed by atoms with Crippen LogP contribution >= 0.6 is 15.9 Å². The second-order valence-electron chi connectivity index (χ2n) is 5.18. The van der Waals surface area contributed by atoms with Gasteiger partial charge < -0.3 is 15.0 Å². The number of hydrogen-bond acceptors (Lipinski definition) is 3. The number of anilines is 2. The van der Waals surface area contributed by atoms with Crippen LogP contribution in [-0.4, -0.2) is 25.5 Å². The minimum absolute atomic E-state index is 0.105. The number of hydrogen-bond donors (Lipinski definition) is 1. The second kappa shape index (κ2) is 8.49. The highest BCUT2D eigenvalue weighted by Gasteiger charge is 2.13. The minimum Gasteiger partial charge on any atom is -0.497 e. The molecule has 0 atom stereocenters. The van der Waals surface area contributed by atoms with Crippen molar-refractivity contribution in [3.8, 4) is 5.75 Å². The molecule has 0 saturated heterocycles. The summed E-state index contributed by atoms with van der Waals surface area (Å²) in [6.45, 7) is 1.80. The maximum atomic E-state index is 12.1. The molecule has 2 aromatic carbocycles. The molecule has 0 aliphatic heterocycles. The summed E-state index contributed by atoms with van der Waals surface area (Å²) in [5, 5.41) is 2.81. The highest BCUT2D eigenvalue weighted by molar-refractivity contribution is 9.10. The van der Waals surface area contributed by atoms with E-state index in [-0.39, 0.29) is 18.2 Å². The zero-order valence-corrected chi connectivity index (χ0v) is 15.2. The number of halogens is 1. The molecule has 0 aliphatic carbocycles. The molecule has 0 unspecified atom stereocenters. The Morgan fingerprint density at radius 2 is 1.88 bits per heavy atom. The van der Waals surface area contributed by atoms with Gasteiger partial charge in [0.15, 0.2) is 0 Å². The number of benzene rings is 2. The Kier molecular flexibility index (Phi) is 6.37. The topological polar surface area (TPSA) is 58.6 Å². The molecule has 0 bridgehead atoms. The molecule has 6 heteroatoms. The molecule has 0 aromatic heterocycles. The summed E-state index contributed by atoms with van der Waals surface area (Å²) >= 11 is 3.36. The molecule has 2 amide bonds. The standard InChI is InChI=1S/C18H19BrN2O3/c1-13(22)21(16-8-6-14(19)7-9-16)11-10-18(23)20-15-4-3-5-17(12-15)24-2/h3-9,12H,10-11H2,1-2H3,(H,20,23). The minimum atomic E-state index is -0.161. The van der Waals surface area contributed by atoms with Crippen LogP contribution in [0, 0.1) is 0 Å². The lowest BCUT2D eigenvalue weighted by Gasteiger charge is -2.21. The molecule has 0 heterocycles. The van der Waals surface area contributed by atoms with E-state index in [1.165, 1.54) is 6.92 Å². The van der Waals surface area contributed by atoms with Crippen molar-refractivity contribution in [3.05, 3.63) is 53.0 Å². The summed E-state index contributed by atoms with van der Waals surface area (Å²) < 4.78 is 6.06. The van der Waals surface area contributed by atoms with Gasteiger partial charge in [0.2, 0.25) is 11.8 Å². The van der Waals surface area contributed by atoms with Gasteiger partial charge in [0.05, 0.1) is 7.11 Å². The summed E-state index contributed by atoms with van der Waals surface area (Å²) in [6, 6.07) is 14.5. The van der Waals surface area contributed by atoms with Crippen molar-refractivity contribution in [1.29, 1.82) is 0 Å². The first-order chi connectivity index (χ1) is 11.5. The van der Waals surface area contributed by atoms with E-state index in [4.69, 9.17) is 4.74 Å². The lowest BCUT2D eigenvalue weighted by Crippen LogP contribution is -2.31. The van der Waals surface area contributed by atoms with Crippen LogP contribution < -0.4 is 15.0 Å². The average Bonchev–Trinajstić information content (AvgIpc) is 2.56. The Bertz CT molecular complexity index is 716. The van der Waals surface area contributed by atoms with Crippen LogP contribution in [0.3, 0.4) is 0 Å². The largest absolute Gasteiger partial charge is 0.497 e. The molecule has 126 valence electrons. The van der Waals surface area contributed by atoms with Gasteiger partial charge in [-0.05, 0) is 36.4 Å². The van der Waals surface area contributed by atoms with Crippen LogP contribution in [0.5, 0.6) is 5.75 Å². The molecule has 0 radical (unpaired) electrons. The van der Waals surface area contributed by atoms with E-state index < -0.39 is 0 Å². The third kappa shape index (κ3) is 5.09. The first-order valence-electron chi connectivity index (χ1n) is 7.47. The number of ether oxygens (including phenoxy) is 1. The molecule has 5 nitrogen and oxygen atoms in total. The Morgan fingerprint density at radius 3 is 2.50 bits per heavy atom. The van der Waals surface area contributed by atoms with Gasteiger partial charge in [-0.3, -0.25) is 9.59 Å². The fraction of sp³-hybridized carbons (Fsp3) is 0.222. The molecule has 0 spiro atoms. The zero-order chi connectivity index (χ0) is 17.5. The number of methoxy groups -OCH3 is 1. The second-order valence-corrected chi connectivity index (χ2v) is 6.09. The number of nitrogens with zero attached hydrogens (tertiary/aromatic N) is 1. The van der Waals surface area contributed by atoms with Crippen LogP contribution in [0.2, 0.25) is 0 Å². The fourth-order valence-electron chi connectivity index (χ4n) is 2.23. The summed E-state index contributed by atoms with van der Waals surface area (Å²) in [5.41, 5.74) is 1.43. The zero-order valence-electron chi connectivity index (χ0n) is 13.6. The maximum absolute atomic E-state index is 12.1. The average molecular weight is 391 g/mol. The van der Waals surface area contributed by atoms with Crippen LogP contribution in [0.15, 0.2) is 53.0 Å². The molecule has 0 saturated carbocycles. The van der Waals surface area contributed by atoms with Gasteiger partial charge in [0.1, 0.15) is 5.75 Å². The predicted octanol–water partition coefficient (Wildman–Crippen LogP) is 3.84. The monoisotopic (exact) mass is 390 g/mol. The molecule has 1 N–H and O–H groups in total. The van der Waals surface area contributed by atoms with Gasteiger partial charge in [0, 0.05) is 41.8 Å². The molecular formula is C18H19BrN2O3. The summed E-state index contributed by atoms with van der Waals surface area (Å²) in [5.74, 6) is 0.408. The number of amides is 2. The summed E-state index contributed by atoms with van der Waals surface area (Å²) in [6.07, 6.45) is 0.201. The predicted molar refractivity (Wildman–Crippen MR) is 98.4 cm³/mol. The lowest BCUT2D eigenvalue weighted by atomic mass is 10.2. The Hall–Kier alpha value is -2.34. The molecule has 0 aliphatic rings. The lowest BCUT2D eigenvalue weighted by molar-refractivity contribution is -0.117. The quantitative estimate of drug-likeness (QED) is 0.814. The first kappa shape index (κ1) is 18.0. The van der Waals surface area contributed by atoms with E-state index in [9.17, 15) is 9.59 Å². The molecule has 24 heavy (non-hydrogen) atoms. The SMILES string of the molecule is COc1cccc(NC(=O)CCN(C(C)=O)c2ccc(Br)cc2)c1. The molecule has 2 aromatic rings. The van der Waals surface area contributed by atoms with Gasteiger partial charge in [0.25, 0.3) is 0 Å². The Morgan fingerprint density at radius 1 is 1.17 bits per heavy atom. The fourth-order valence-corrected chi connectivity index (χ4v) is 2.49. The van der Waals surface area contributed by atoms with Gasteiger partial charge >= 0.3 is 0 Å². The third-order valence-electron chi connectivity index (χ3n) is 3.43. The van der Waals surface area contributed by atoms with Crippen molar-refractivity contribution >= 4 is 39.1 Å². The van der Waals surface area contributed by atoms with E-state index >= 15 is 0 Å². The maximum Gasteiger partial charge on any atom is 0.226 e. The van der Waals surface area contributed by atoms with Gasteiger partial charge in [-0.15, -0.1) is 0 Å². The number of carbonyl (C=O) groups excluding carboxylic acids is 2. The van der Waals surface area contributed by atoms with Crippen LogP contribution in [0.25, 0.3) is 0 Å². The van der Waals surface area contributed by atoms with E-state index in [2.05, 4.69) is 21.2 Å².